The number of hydrogen-bond acceptors (Lipinski definition) is 0. The quantitative estimate of drug-likeness (QED) is 0.443. The molecule has 0 unspecified atom stereocenters. The average Bonchev–Trinajstić information content (AvgIpc) is 2.49. The van der Waals surface area contributed by atoms with Crippen molar-refractivity contribution >= 4 is 10.0 Å². The molecule has 0 bridgehead atoms. The second-order valence-corrected chi connectivity index (χ2v) is 9.99. The zero-order valence-corrected chi connectivity index (χ0v) is 14.7. The number of rotatable bonds is 11. The first kappa shape index (κ1) is 17.6. The molecule has 0 aliphatic rings. The second-order valence-electron chi connectivity index (χ2n) is 6.03. The number of hydrogen-bond donors (Lipinski definition) is 0. The van der Waals surface area contributed by atoms with E-state index in [1.807, 2.05) is 0 Å². The maximum atomic E-state index is 2.34. The lowest BCUT2D eigenvalue weighted by Gasteiger charge is -2.41. The molecule has 0 aromatic heterocycles. The van der Waals surface area contributed by atoms with Gasteiger partial charge < -0.3 is 0 Å². The Bertz CT molecular complexity index is 309. The van der Waals surface area contributed by atoms with Gasteiger partial charge in [-0.1, -0.05) is 70.4 Å². The molecule has 0 saturated carbocycles. The largest absolute Gasteiger partial charge is 0.237 e. The molecule has 0 heterocycles. The minimum atomic E-state index is -0.436. The molecule has 0 fully saturated rings. The number of benzene rings is 1. The lowest BCUT2D eigenvalue weighted by molar-refractivity contribution is 0.844. The fraction of sp³-hybridized carbons (Fsp3) is 0.684. The number of unbranched alkanes of at least 4 members (excludes halogenated alkanes) is 3. The Hall–Kier alpha value is -0.430. The fourth-order valence-electron chi connectivity index (χ4n) is 2.80. The van der Waals surface area contributed by atoms with Gasteiger partial charge in [-0.15, -0.1) is 0 Å². The standard InChI is InChI=1S/C19H34S/c1-4-7-15-20(16-8-5-2,17-9-6-3)18-19-13-11-10-12-14-19/h10-14H,4-9,15-18H2,1-3H3. The molecule has 0 atom stereocenters. The fourth-order valence-corrected chi connectivity index (χ4v) is 7.45. The van der Waals surface area contributed by atoms with Crippen LogP contribution in [0.2, 0.25) is 0 Å². The maximum Gasteiger partial charge on any atom is 0.00252 e. The molecule has 1 aromatic carbocycles. The molecule has 1 heteroatoms. The van der Waals surface area contributed by atoms with E-state index in [9.17, 15) is 0 Å². The topological polar surface area (TPSA) is 0 Å². The summed E-state index contributed by atoms with van der Waals surface area (Å²) in [5.41, 5.74) is 1.57. The van der Waals surface area contributed by atoms with Gasteiger partial charge in [-0.25, -0.2) is 10.0 Å². The van der Waals surface area contributed by atoms with Crippen LogP contribution in [-0.4, -0.2) is 17.3 Å². The molecule has 0 aliphatic heterocycles. The predicted molar refractivity (Wildman–Crippen MR) is 97.1 cm³/mol. The van der Waals surface area contributed by atoms with E-state index in [4.69, 9.17) is 0 Å². The van der Waals surface area contributed by atoms with Crippen LogP contribution >= 0.6 is 10.0 Å². The van der Waals surface area contributed by atoms with E-state index in [-0.39, 0.29) is 0 Å². The first-order valence-electron chi connectivity index (χ1n) is 8.54. The van der Waals surface area contributed by atoms with Crippen molar-refractivity contribution in [3.63, 3.8) is 0 Å². The van der Waals surface area contributed by atoms with E-state index in [1.165, 1.54) is 61.5 Å². The Morgan fingerprint density at radius 1 is 0.700 bits per heavy atom. The van der Waals surface area contributed by atoms with E-state index >= 15 is 0 Å². The van der Waals surface area contributed by atoms with Crippen molar-refractivity contribution in [2.75, 3.05) is 17.3 Å². The average molecular weight is 295 g/mol. The van der Waals surface area contributed by atoms with Gasteiger partial charge in [-0.2, -0.15) is 0 Å². The Balaban J connectivity index is 2.81. The highest BCUT2D eigenvalue weighted by molar-refractivity contribution is 8.33. The van der Waals surface area contributed by atoms with Gasteiger partial charge in [0.2, 0.25) is 0 Å². The molecule has 1 aromatic rings. The molecule has 20 heavy (non-hydrogen) atoms. The van der Waals surface area contributed by atoms with Crippen molar-refractivity contribution in [3.05, 3.63) is 35.9 Å². The second kappa shape index (κ2) is 10.3. The van der Waals surface area contributed by atoms with Crippen molar-refractivity contribution in [1.82, 2.24) is 0 Å². The summed E-state index contributed by atoms with van der Waals surface area (Å²) in [5.74, 6) is 5.86. The van der Waals surface area contributed by atoms with Crippen LogP contribution in [0.1, 0.15) is 64.9 Å². The molecule has 0 N–H and O–H groups in total. The van der Waals surface area contributed by atoms with Crippen LogP contribution in [0.25, 0.3) is 0 Å². The molecule has 116 valence electrons. The molecular weight excluding hydrogens is 260 g/mol. The van der Waals surface area contributed by atoms with Gasteiger partial charge in [-0.05, 0) is 42.1 Å². The smallest absolute Gasteiger partial charge is 0.00252 e. The van der Waals surface area contributed by atoms with Gasteiger partial charge in [0, 0.05) is 5.75 Å². The molecule has 1 rings (SSSR count). The highest BCUT2D eigenvalue weighted by Crippen LogP contribution is 2.53. The van der Waals surface area contributed by atoms with Crippen molar-refractivity contribution in [3.8, 4) is 0 Å². The third-order valence-electron chi connectivity index (χ3n) is 4.11. The van der Waals surface area contributed by atoms with Crippen LogP contribution < -0.4 is 0 Å². The minimum Gasteiger partial charge on any atom is -0.237 e. The molecule has 0 aliphatic carbocycles. The highest BCUT2D eigenvalue weighted by atomic mass is 32.3. The third-order valence-corrected chi connectivity index (χ3v) is 8.52. The van der Waals surface area contributed by atoms with Crippen LogP contribution in [0.5, 0.6) is 0 Å². The Morgan fingerprint density at radius 3 is 1.55 bits per heavy atom. The summed E-state index contributed by atoms with van der Waals surface area (Å²) in [4.78, 5) is 0. The van der Waals surface area contributed by atoms with Crippen LogP contribution in [-0.2, 0) is 5.75 Å². The normalized spacial score (nSPS) is 12.6. The van der Waals surface area contributed by atoms with Gasteiger partial charge in [0.1, 0.15) is 0 Å². The van der Waals surface area contributed by atoms with E-state index in [1.54, 1.807) is 5.56 Å². The molecule has 0 radical (unpaired) electrons. The van der Waals surface area contributed by atoms with Gasteiger partial charge in [-0.3, -0.25) is 0 Å². The highest BCUT2D eigenvalue weighted by Gasteiger charge is 2.22. The van der Waals surface area contributed by atoms with Crippen LogP contribution in [0.4, 0.5) is 0 Å². The summed E-state index contributed by atoms with van der Waals surface area (Å²) >= 11 is 0. The lowest BCUT2D eigenvalue weighted by Crippen LogP contribution is -2.16. The predicted octanol–water partition coefficient (Wildman–Crippen LogP) is 6.39. The minimum absolute atomic E-state index is 0.436. The Kier molecular flexibility index (Phi) is 9.09. The van der Waals surface area contributed by atoms with Crippen molar-refractivity contribution in [2.45, 2.75) is 65.0 Å². The van der Waals surface area contributed by atoms with Gasteiger partial charge in [0.15, 0.2) is 0 Å². The van der Waals surface area contributed by atoms with Crippen LogP contribution in [0, 0.1) is 0 Å². The first-order chi connectivity index (χ1) is 9.76. The lowest BCUT2D eigenvalue weighted by atomic mass is 10.2. The van der Waals surface area contributed by atoms with Crippen LogP contribution in [0.3, 0.4) is 0 Å². The summed E-state index contributed by atoms with van der Waals surface area (Å²) < 4.78 is 0. The van der Waals surface area contributed by atoms with Gasteiger partial charge >= 0.3 is 0 Å². The molecule has 0 amide bonds. The monoisotopic (exact) mass is 294 g/mol. The zero-order valence-electron chi connectivity index (χ0n) is 13.9. The Labute approximate surface area is 128 Å². The summed E-state index contributed by atoms with van der Waals surface area (Å²) in [5, 5.41) is 0. The third kappa shape index (κ3) is 6.35. The van der Waals surface area contributed by atoms with Crippen molar-refractivity contribution < 1.29 is 0 Å². The summed E-state index contributed by atoms with van der Waals surface area (Å²) in [6.07, 6.45) is 8.33. The molecular formula is C19H34S. The molecule has 0 saturated heterocycles. The van der Waals surface area contributed by atoms with Gasteiger partial charge in [0.25, 0.3) is 0 Å². The summed E-state index contributed by atoms with van der Waals surface area (Å²) in [6, 6.07) is 11.2. The maximum absolute atomic E-state index is 2.34. The van der Waals surface area contributed by atoms with E-state index < -0.39 is 10.0 Å². The van der Waals surface area contributed by atoms with E-state index in [0.717, 1.165) is 0 Å². The van der Waals surface area contributed by atoms with E-state index in [0.29, 0.717) is 0 Å². The first-order valence-corrected chi connectivity index (χ1v) is 10.8. The van der Waals surface area contributed by atoms with E-state index in [2.05, 4.69) is 51.1 Å². The van der Waals surface area contributed by atoms with Crippen molar-refractivity contribution in [2.24, 2.45) is 0 Å². The summed E-state index contributed by atoms with van der Waals surface area (Å²) in [6.45, 7) is 7.02. The zero-order chi connectivity index (χ0) is 14.7. The Morgan fingerprint density at radius 2 is 1.15 bits per heavy atom. The molecule has 0 spiro atoms. The summed E-state index contributed by atoms with van der Waals surface area (Å²) in [7, 11) is -0.436. The van der Waals surface area contributed by atoms with Crippen LogP contribution in [0.15, 0.2) is 30.3 Å². The van der Waals surface area contributed by atoms with Gasteiger partial charge in [0.05, 0.1) is 0 Å². The van der Waals surface area contributed by atoms with Crippen molar-refractivity contribution in [1.29, 1.82) is 0 Å². The molecule has 0 nitrogen and oxygen atoms in total. The SMILES string of the molecule is CCCCS(CCCC)(CCCC)Cc1ccccc1.